The minimum atomic E-state index is -0.436. The molecule has 2 N–H and O–H groups in total. The molecule has 0 aliphatic carbocycles. The Morgan fingerprint density at radius 3 is 2.11 bits per heavy atom. The molecule has 0 radical (unpaired) electrons. The second kappa shape index (κ2) is 5.19. The zero-order valence-electron chi connectivity index (χ0n) is 9.58. The van der Waals surface area contributed by atoms with E-state index in [9.17, 15) is 15.0 Å². The molecule has 0 unspecified atom stereocenters. The van der Waals surface area contributed by atoms with Crippen LogP contribution in [0.1, 0.15) is 15.9 Å². The van der Waals surface area contributed by atoms with E-state index in [1.54, 1.807) is 6.08 Å². The summed E-state index contributed by atoms with van der Waals surface area (Å²) in [6.07, 6.45) is 2.96. The van der Waals surface area contributed by atoms with Crippen molar-refractivity contribution in [2.75, 3.05) is 0 Å². The first-order valence-electron chi connectivity index (χ1n) is 5.47. The van der Waals surface area contributed by atoms with E-state index < -0.39 is 5.78 Å². The lowest BCUT2D eigenvalue weighted by molar-refractivity contribution is 0.104. The molecule has 0 spiro atoms. The summed E-state index contributed by atoms with van der Waals surface area (Å²) in [5.74, 6) is -0.884. The summed E-state index contributed by atoms with van der Waals surface area (Å²) in [5, 5.41) is 19.1. The van der Waals surface area contributed by atoms with Crippen LogP contribution in [0.25, 0.3) is 6.08 Å². The van der Waals surface area contributed by atoms with E-state index >= 15 is 0 Å². The minimum Gasteiger partial charge on any atom is -0.507 e. The van der Waals surface area contributed by atoms with Crippen molar-refractivity contribution in [2.45, 2.75) is 0 Å². The van der Waals surface area contributed by atoms with E-state index in [2.05, 4.69) is 0 Å². The van der Waals surface area contributed by atoms with Gasteiger partial charge in [0.2, 0.25) is 0 Å². The topological polar surface area (TPSA) is 57.5 Å². The third-order valence-corrected chi connectivity index (χ3v) is 2.49. The van der Waals surface area contributed by atoms with Crippen molar-refractivity contribution in [3.05, 3.63) is 65.7 Å². The zero-order valence-corrected chi connectivity index (χ0v) is 9.58. The lowest BCUT2D eigenvalue weighted by atomic mass is 10.1. The molecule has 0 aromatic heterocycles. The number of rotatable bonds is 3. The van der Waals surface area contributed by atoms with E-state index in [4.69, 9.17) is 0 Å². The highest BCUT2D eigenvalue weighted by Gasteiger charge is 2.12. The third kappa shape index (κ3) is 2.58. The maximum atomic E-state index is 11.9. The number of ketones is 1. The van der Waals surface area contributed by atoms with Crippen molar-refractivity contribution in [1.82, 2.24) is 0 Å². The molecule has 0 fully saturated rings. The van der Waals surface area contributed by atoms with Crippen LogP contribution in [0.3, 0.4) is 0 Å². The smallest absolute Gasteiger partial charge is 0.193 e. The molecule has 2 aromatic rings. The fourth-order valence-corrected chi connectivity index (χ4v) is 1.60. The lowest BCUT2D eigenvalue weighted by Crippen LogP contribution is -1.95. The van der Waals surface area contributed by atoms with Crippen LogP contribution in [-0.2, 0) is 0 Å². The standard InChI is InChI=1S/C15H12O3/c16-12-7-4-8-13(17)15(12)14(18)10-9-11-5-2-1-3-6-11/h1-10,16-17H. The van der Waals surface area contributed by atoms with Crippen LogP contribution in [0.4, 0.5) is 0 Å². The van der Waals surface area contributed by atoms with Crippen molar-refractivity contribution < 1.29 is 15.0 Å². The van der Waals surface area contributed by atoms with Gasteiger partial charge in [0.15, 0.2) is 5.78 Å². The first-order chi connectivity index (χ1) is 8.68. The number of phenolic OH excluding ortho intramolecular Hbond substituents is 2. The molecule has 2 rings (SSSR count). The van der Waals surface area contributed by atoms with Gasteiger partial charge >= 0.3 is 0 Å². The van der Waals surface area contributed by atoms with Gasteiger partial charge in [0.1, 0.15) is 17.1 Å². The van der Waals surface area contributed by atoms with Crippen molar-refractivity contribution >= 4 is 11.9 Å². The van der Waals surface area contributed by atoms with Crippen molar-refractivity contribution in [2.24, 2.45) is 0 Å². The summed E-state index contributed by atoms with van der Waals surface area (Å²) >= 11 is 0. The molecule has 0 saturated carbocycles. The van der Waals surface area contributed by atoms with Crippen LogP contribution in [0.15, 0.2) is 54.6 Å². The van der Waals surface area contributed by atoms with Gasteiger partial charge in [-0.15, -0.1) is 0 Å². The Kier molecular flexibility index (Phi) is 3.44. The Hall–Kier alpha value is -2.55. The number of phenols is 2. The first-order valence-corrected chi connectivity index (χ1v) is 5.47. The zero-order chi connectivity index (χ0) is 13.0. The average molecular weight is 240 g/mol. The molecular weight excluding hydrogens is 228 g/mol. The Morgan fingerprint density at radius 2 is 1.50 bits per heavy atom. The van der Waals surface area contributed by atoms with Gasteiger partial charge in [0, 0.05) is 0 Å². The van der Waals surface area contributed by atoms with E-state index in [0.717, 1.165) is 5.56 Å². The largest absolute Gasteiger partial charge is 0.507 e. The second-order valence-corrected chi connectivity index (χ2v) is 3.78. The molecule has 18 heavy (non-hydrogen) atoms. The molecule has 0 bridgehead atoms. The van der Waals surface area contributed by atoms with E-state index in [1.165, 1.54) is 24.3 Å². The molecule has 90 valence electrons. The van der Waals surface area contributed by atoms with Crippen molar-refractivity contribution in [3.63, 3.8) is 0 Å². The summed E-state index contributed by atoms with van der Waals surface area (Å²) in [5.41, 5.74) is 0.797. The Labute approximate surface area is 105 Å². The maximum Gasteiger partial charge on any atom is 0.193 e. The average Bonchev–Trinajstić information content (AvgIpc) is 2.37. The third-order valence-electron chi connectivity index (χ3n) is 2.49. The van der Waals surface area contributed by atoms with Gasteiger partial charge in [-0.3, -0.25) is 4.79 Å². The predicted octanol–water partition coefficient (Wildman–Crippen LogP) is 2.99. The maximum absolute atomic E-state index is 11.9. The molecule has 3 heteroatoms. The van der Waals surface area contributed by atoms with Crippen LogP contribution in [0.2, 0.25) is 0 Å². The lowest BCUT2D eigenvalue weighted by Gasteiger charge is -2.02. The highest BCUT2D eigenvalue weighted by molar-refractivity contribution is 6.10. The van der Waals surface area contributed by atoms with Gasteiger partial charge in [-0.25, -0.2) is 0 Å². The predicted molar refractivity (Wildman–Crippen MR) is 69.6 cm³/mol. The Morgan fingerprint density at radius 1 is 0.889 bits per heavy atom. The van der Waals surface area contributed by atoms with Gasteiger partial charge in [-0.2, -0.15) is 0 Å². The van der Waals surface area contributed by atoms with Gasteiger partial charge in [-0.05, 0) is 23.8 Å². The number of allylic oxidation sites excluding steroid dienone is 1. The molecule has 0 amide bonds. The normalized spacial score (nSPS) is 10.7. The number of hydrogen-bond donors (Lipinski definition) is 2. The highest BCUT2D eigenvalue weighted by Crippen LogP contribution is 2.27. The summed E-state index contributed by atoms with van der Waals surface area (Å²) in [6.45, 7) is 0. The highest BCUT2D eigenvalue weighted by atomic mass is 16.3. The number of carbonyl (C=O) groups excluding carboxylic acids is 1. The van der Waals surface area contributed by atoms with Crippen LogP contribution >= 0.6 is 0 Å². The monoisotopic (exact) mass is 240 g/mol. The van der Waals surface area contributed by atoms with E-state index in [1.807, 2.05) is 30.3 Å². The van der Waals surface area contributed by atoms with Crippen molar-refractivity contribution in [3.8, 4) is 11.5 Å². The number of hydrogen-bond acceptors (Lipinski definition) is 3. The summed E-state index contributed by atoms with van der Waals surface area (Å²) < 4.78 is 0. The van der Waals surface area contributed by atoms with Crippen LogP contribution in [0, 0.1) is 0 Å². The van der Waals surface area contributed by atoms with Crippen LogP contribution in [0.5, 0.6) is 11.5 Å². The molecule has 0 aliphatic heterocycles. The molecule has 3 nitrogen and oxygen atoms in total. The first kappa shape index (κ1) is 11.9. The quantitative estimate of drug-likeness (QED) is 0.640. The Bertz CT molecular complexity index is 566. The van der Waals surface area contributed by atoms with E-state index in [0.29, 0.717) is 0 Å². The number of benzene rings is 2. The van der Waals surface area contributed by atoms with Crippen LogP contribution in [-0.4, -0.2) is 16.0 Å². The molecule has 0 aliphatic rings. The van der Waals surface area contributed by atoms with Gasteiger partial charge in [0.05, 0.1) is 0 Å². The Balaban J connectivity index is 2.26. The van der Waals surface area contributed by atoms with Gasteiger partial charge in [-0.1, -0.05) is 42.5 Å². The van der Waals surface area contributed by atoms with Gasteiger partial charge < -0.3 is 10.2 Å². The van der Waals surface area contributed by atoms with E-state index in [-0.39, 0.29) is 17.1 Å². The van der Waals surface area contributed by atoms with Crippen LogP contribution < -0.4 is 0 Å². The summed E-state index contributed by atoms with van der Waals surface area (Å²) in [4.78, 5) is 11.9. The fraction of sp³-hybridized carbons (Fsp3) is 0. The van der Waals surface area contributed by atoms with Gasteiger partial charge in [0.25, 0.3) is 0 Å². The fourth-order valence-electron chi connectivity index (χ4n) is 1.60. The molecule has 0 heterocycles. The summed E-state index contributed by atoms with van der Waals surface area (Å²) in [7, 11) is 0. The molecular formula is C15H12O3. The number of aromatic hydroxyl groups is 2. The summed E-state index contributed by atoms with van der Waals surface area (Å²) in [6, 6.07) is 13.5. The minimum absolute atomic E-state index is 0.0790. The molecule has 0 saturated heterocycles. The van der Waals surface area contributed by atoms with Crippen molar-refractivity contribution in [1.29, 1.82) is 0 Å². The number of carbonyl (C=O) groups is 1. The second-order valence-electron chi connectivity index (χ2n) is 3.78. The molecule has 0 atom stereocenters. The molecule has 2 aromatic carbocycles. The SMILES string of the molecule is O=C(C=Cc1ccccc1)c1c(O)cccc1O.